The number of nitrogens with one attached hydrogen (secondary N) is 1. The molecule has 0 bridgehead atoms. The second kappa shape index (κ2) is 9.31. The minimum Gasteiger partial charge on any atom is -0.372 e. The van der Waals surface area contributed by atoms with E-state index in [-0.39, 0.29) is 6.03 Å². The van der Waals surface area contributed by atoms with Gasteiger partial charge in [-0.2, -0.15) is 0 Å². The Balaban J connectivity index is 1.24. The maximum atomic E-state index is 12.6. The number of urea groups is 1. The molecule has 2 aromatic carbocycles. The number of aryl methyl sites for hydroxylation is 1. The van der Waals surface area contributed by atoms with Crippen molar-refractivity contribution in [2.45, 2.75) is 32.7 Å². The van der Waals surface area contributed by atoms with E-state index in [1.807, 2.05) is 17.0 Å². The van der Waals surface area contributed by atoms with Gasteiger partial charge in [0.2, 0.25) is 0 Å². The second-order valence-electron chi connectivity index (χ2n) is 8.27. The van der Waals surface area contributed by atoms with Crippen molar-refractivity contribution in [2.75, 3.05) is 49.5 Å². The maximum absolute atomic E-state index is 12.6. The Morgan fingerprint density at radius 1 is 0.828 bits per heavy atom. The number of amides is 2. The first kappa shape index (κ1) is 19.8. The van der Waals surface area contributed by atoms with Gasteiger partial charge >= 0.3 is 6.03 Å². The van der Waals surface area contributed by atoms with Crippen LogP contribution >= 0.6 is 0 Å². The molecule has 0 spiro atoms. The summed E-state index contributed by atoms with van der Waals surface area (Å²) in [5, 5.41) is 3.06. The smallest absolute Gasteiger partial charge is 0.321 e. The molecule has 2 aromatic rings. The number of rotatable bonds is 4. The molecular formula is C24H32N4O. The quantitative estimate of drug-likeness (QED) is 0.841. The van der Waals surface area contributed by atoms with Crippen LogP contribution in [0.25, 0.3) is 0 Å². The van der Waals surface area contributed by atoms with E-state index < -0.39 is 0 Å². The largest absolute Gasteiger partial charge is 0.372 e. The Morgan fingerprint density at radius 3 is 2.14 bits per heavy atom. The first-order valence-electron chi connectivity index (χ1n) is 10.9. The van der Waals surface area contributed by atoms with Crippen molar-refractivity contribution >= 4 is 17.4 Å². The van der Waals surface area contributed by atoms with Crippen LogP contribution in [0.15, 0.2) is 48.5 Å². The third-order valence-corrected chi connectivity index (χ3v) is 6.03. The van der Waals surface area contributed by atoms with Crippen molar-refractivity contribution in [1.29, 1.82) is 0 Å². The molecule has 1 N–H and O–H groups in total. The van der Waals surface area contributed by atoms with E-state index in [9.17, 15) is 4.79 Å². The number of hydrogen-bond acceptors (Lipinski definition) is 3. The van der Waals surface area contributed by atoms with Gasteiger partial charge in [-0.25, -0.2) is 4.79 Å². The highest BCUT2D eigenvalue weighted by Crippen LogP contribution is 2.22. The molecule has 0 aromatic heterocycles. The highest BCUT2D eigenvalue weighted by molar-refractivity contribution is 5.89. The van der Waals surface area contributed by atoms with Crippen LogP contribution in [0.1, 0.15) is 30.4 Å². The van der Waals surface area contributed by atoms with E-state index in [0.29, 0.717) is 0 Å². The minimum atomic E-state index is 0.00529. The predicted octanol–water partition coefficient (Wildman–Crippen LogP) is 4.34. The van der Waals surface area contributed by atoms with Crippen LogP contribution in [-0.4, -0.2) is 55.1 Å². The van der Waals surface area contributed by atoms with Crippen LogP contribution in [0.4, 0.5) is 16.2 Å². The summed E-state index contributed by atoms with van der Waals surface area (Å²) in [5.41, 5.74) is 4.76. The Bertz CT molecular complexity index is 789. The molecule has 0 unspecified atom stereocenters. The van der Waals surface area contributed by atoms with Gasteiger partial charge in [0, 0.05) is 57.2 Å². The van der Waals surface area contributed by atoms with Gasteiger partial charge in [0.05, 0.1) is 0 Å². The number of carbonyl (C=O) groups is 1. The summed E-state index contributed by atoms with van der Waals surface area (Å²) in [6.07, 6.45) is 3.88. The molecule has 5 nitrogen and oxygen atoms in total. The van der Waals surface area contributed by atoms with Crippen LogP contribution in [-0.2, 0) is 6.54 Å². The zero-order chi connectivity index (χ0) is 20.1. The molecular weight excluding hydrogens is 360 g/mol. The van der Waals surface area contributed by atoms with E-state index in [0.717, 1.165) is 51.5 Å². The highest BCUT2D eigenvalue weighted by Gasteiger charge is 2.21. The number of piperazine rings is 1. The summed E-state index contributed by atoms with van der Waals surface area (Å²) in [7, 11) is 0. The van der Waals surface area contributed by atoms with Crippen molar-refractivity contribution in [2.24, 2.45) is 0 Å². The first-order valence-corrected chi connectivity index (χ1v) is 10.9. The van der Waals surface area contributed by atoms with Crippen LogP contribution in [0, 0.1) is 6.92 Å². The molecule has 0 aliphatic carbocycles. The fraction of sp³-hybridized carbons (Fsp3) is 0.458. The normalized spacial score (nSPS) is 18.0. The van der Waals surface area contributed by atoms with Crippen molar-refractivity contribution in [1.82, 2.24) is 9.80 Å². The molecule has 5 heteroatoms. The highest BCUT2D eigenvalue weighted by atomic mass is 16.2. The molecule has 2 heterocycles. The lowest BCUT2D eigenvalue weighted by Crippen LogP contribution is -2.49. The standard InChI is InChI=1S/C24H32N4O/c1-20-5-7-21(8-6-20)19-26-15-17-28(18-16-26)24(29)25-22-9-11-23(12-10-22)27-13-3-2-4-14-27/h5-12H,2-4,13-19H2,1H3,(H,25,29). The molecule has 2 fully saturated rings. The fourth-order valence-corrected chi connectivity index (χ4v) is 4.17. The van der Waals surface area contributed by atoms with Gasteiger partial charge in [0.25, 0.3) is 0 Å². The molecule has 2 amide bonds. The molecule has 0 atom stereocenters. The van der Waals surface area contributed by atoms with Gasteiger partial charge in [0.15, 0.2) is 0 Å². The lowest BCUT2D eigenvalue weighted by Gasteiger charge is -2.34. The summed E-state index contributed by atoms with van der Waals surface area (Å²) < 4.78 is 0. The van der Waals surface area contributed by atoms with Gasteiger partial charge in [-0.15, -0.1) is 0 Å². The molecule has 0 radical (unpaired) electrons. The van der Waals surface area contributed by atoms with Crippen LogP contribution in [0.2, 0.25) is 0 Å². The fourth-order valence-electron chi connectivity index (χ4n) is 4.17. The lowest BCUT2D eigenvalue weighted by molar-refractivity contribution is 0.143. The van der Waals surface area contributed by atoms with Crippen molar-refractivity contribution < 1.29 is 4.79 Å². The first-order chi connectivity index (χ1) is 14.2. The maximum Gasteiger partial charge on any atom is 0.321 e. The molecule has 2 saturated heterocycles. The Hall–Kier alpha value is -2.53. The summed E-state index contributed by atoms with van der Waals surface area (Å²) in [5.74, 6) is 0. The topological polar surface area (TPSA) is 38.8 Å². The number of anilines is 2. The second-order valence-corrected chi connectivity index (χ2v) is 8.27. The summed E-state index contributed by atoms with van der Waals surface area (Å²) in [6, 6.07) is 17.0. The zero-order valence-corrected chi connectivity index (χ0v) is 17.4. The van der Waals surface area contributed by atoms with Gasteiger partial charge in [-0.3, -0.25) is 4.90 Å². The number of hydrogen-bond donors (Lipinski definition) is 1. The molecule has 29 heavy (non-hydrogen) atoms. The predicted molar refractivity (Wildman–Crippen MR) is 120 cm³/mol. The number of piperidine rings is 1. The Morgan fingerprint density at radius 2 is 1.48 bits per heavy atom. The van der Waals surface area contributed by atoms with E-state index in [2.05, 4.69) is 58.4 Å². The third-order valence-electron chi connectivity index (χ3n) is 6.03. The number of carbonyl (C=O) groups excluding carboxylic acids is 1. The SMILES string of the molecule is Cc1ccc(CN2CCN(C(=O)Nc3ccc(N4CCCCC4)cc3)CC2)cc1. The Kier molecular flexibility index (Phi) is 6.35. The molecule has 2 aliphatic heterocycles. The van der Waals surface area contributed by atoms with Gasteiger partial charge in [-0.1, -0.05) is 29.8 Å². The zero-order valence-electron chi connectivity index (χ0n) is 17.4. The Labute approximate surface area is 174 Å². The molecule has 2 aliphatic rings. The molecule has 4 rings (SSSR count). The van der Waals surface area contributed by atoms with Crippen molar-refractivity contribution in [3.05, 3.63) is 59.7 Å². The van der Waals surface area contributed by atoms with Crippen molar-refractivity contribution in [3.8, 4) is 0 Å². The van der Waals surface area contributed by atoms with Gasteiger partial charge in [0.1, 0.15) is 0 Å². The summed E-state index contributed by atoms with van der Waals surface area (Å²) in [4.78, 5) is 19.4. The average Bonchev–Trinajstić information content (AvgIpc) is 2.77. The third kappa shape index (κ3) is 5.30. The molecule has 154 valence electrons. The van der Waals surface area contributed by atoms with Crippen molar-refractivity contribution in [3.63, 3.8) is 0 Å². The van der Waals surface area contributed by atoms with Crippen LogP contribution in [0.3, 0.4) is 0 Å². The van der Waals surface area contributed by atoms with Crippen LogP contribution < -0.4 is 10.2 Å². The number of benzene rings is 2. The van der Waals surface area contributed by atoms with E-state index in [1.54, 1.807) is 0 Å². The van der Waals surface area contributed by atoms with E-state index >= 15 is 0 Å². The monoisotopic (exact) mass is 392 g/mol. The molecule has 0 saturated carbocycles. The van der Waals surface area contributed by atoms with E-state index in [1.165, 1.54) is 36.1 Å². The summed E-state index contributed by atoms with van der Waals surface area (Å²) >= 11 is 0. The minimum absolute atomic E-state index is 0.00529. The van der Waals surface area contributed by atoms with E-state index in [4.69, 9.17) is 0 Å². The average molecular weight is 393 g/mol. The number of nitrogens with zero attached hydrogens (tertiary/aromatic N) is 3. The van der Waals surface area contributed by atoms with Crippen LogP contribution in [0.5, 0.6) is 0 Å². The summed E-state index contributed by atoms with van der Waals surface area (Å²) in [6.45, 7) is 8.70. The lowest BCUT2D eigenvalue weighted by atomic mass is 10.1. The van der Waals surface area contributed by atoms with Gasteiger partial charge in [-0.05, 0) is 56.0 Å². The van der Waals surface area contributed by atoms with Gasteiger partial charge < -0.3 is 15.1 Å².